The zero-order valence-electron chi connectivity index (χ0n) is 14.1. The van der Waals surface area contributed by atoms with Gasteiger partial charge in [-0.15, -0.1) is 0 Å². The van der Waals surface area contributed by atoms with Gasteiger partial charge in [-0.3, -0.25) is 0 Å². The maximum atomic E-state index is 13.2. The lowest BCUT2D eigenvalue weighted by Crippen LogP contribution is -2.29. The number of hydrogen-bond donors (Lipinski definition) is 1. The van der Waals surface area contributed by atoms with Gasteiger partial charge in [-0.25, -0.2) is 13.6 Å². The number of hydrogen-bond acceptors (Lipinski definition) is 3. The molecule has 0 bridgehead atoms. The van der Waals surface area contributed by atoms with E-state index in [1.807, 2.05) is 25.1 Å². The van der Waals surface area contributed by atoms with Crippen LogP contribution in [0.15, 0.2) is 36.4 Å². The summed E-state index contributed by atoms with van der Waals surface area (Å²) in [5, 5.41) is 3.39. The Hall–Kier alpha value is -2.27. The lowest BCUT2D eigenvalue weighted by molar-refractivity contribution is 0.0535. The molecule has 25 heavy (non-hydrogen) atoms. The molecule has 3 rings (SSSR count). The number of rotatable bonds is 7. The Bertz CT molecular complexity index is 776. The molecule has 0 aliphatic carbocycles. The van der Waals surface area contributed by atoms with Gasteiger partial charge in [0.05, 0.1) is 5.56 Å². The monoisotopic (exact) mass is 345 g/mol. The topological polar surface area (TPSA) is 38.3 Å². The number of nitrogens with one attached hydrogen (secondary N) is 1. The molecule has 2 aromatic rings. The van der Waals surface area contributed by atoms with Crippen molar-refractivity contribution in [3.8, 4) is 0 Å². The summed E-state index contributed by atoms with van der Waals surface area (Å²) in [7, 11) is 0. The summed E-state index contributed by atoms with van der Waals surface area (Å²) in [5.74, 6) is -1.86. The van der Waals surface area contributed by atoms with Crippen molar-refractivity contribution in [1.29, 1.82) is 0 Å². The van der Waals surface area contributed by atoms with E-state index in [0.717, 1.165) is 42.1 Å². The first-order chi connectivity index (χ1) is 12.0. The minimum atomic E-state index is -0.817. The van der Waals surface area contributed by atoms with E-state index >= 15 is 0 Å². The quantitative estimate of drug-likeness (QED) is 0.613. The fourth-order valence-electron chi connectivity index (χ4n) is 3.05. The molecule has 2 aromatic carbocycles. The van der Waals surface area contributed by atoms with Crippen molar-refractivity contribution in [3.05, 3.63) is 70.3 Å². The van der Waals surface area contributed by atoms with E-state index in [9.17, 15) is 13.6 Å². The maximum Gasteiger partial charge on any atom is 0.338 e. The molecular formula is C20H21F2NO2. The highest BCUT2D eigenvalue weighted by Gasteiger charge is 2.20. The number of esters is 1. The van der Waals surface area contributed by atoms with Crippen molar-refractivity contribution < 1.29 is 18.3 Å². The Balaban J connectivity index is 1.43. The Labute approximate surface area is 146 Å². The number of benzene rings is 2. The van der Waals surface area contributed by atoms with Crippen LogP contribution in [0.25, 0.3) is 0 Å². The third-order valence-corrected chi connectivity index (χ3v) is 4.41. The van der Waals surface area contributed by atoms with Crippen LogP contribution in [0.3, 0.4) is 0 Å². The lowest BCUT2D eigenvalue weighted by Gasteiger charge is -2.14. The lowest BCUT2D eigenvalue weighted by atomic mass is 10.0. The Morgan fingerprint density at radius 3 is 2.72 bits per heavy atom. The highest BCUT2D eigenvalue weighted by Crippen LogP contribution is 2.21. The van der Waals surface area contributed by atoms with Crippen molar-refractivity contribution in [2.45, 2.75) is 38.8 Å². The van der Waals surface area contributed by atoms with Gasteiger partial charge in [-0.05, 0) is 62.1 Å². The highest BCUT2D eigenvalue weighted by molar-refractivity contribution is 5.93. The van der Waals surface area contributed by atoms with Crippen LogP contribution in [0, 0.1) is 11.6 Å². The molecule has 1 N–H and O–H groups in total. The average Bonchev–Trinajstić information content (AvgIpc) is 2.96. The first kappa shape index (κ1) is 17.5. The summed E-state index contributed by atoms with van der Waals surface area (Å²) < 4.78 is 31.2. The predicted molar refractivity (Wildman–Crippen MR) is 91.4 cm³/mol. The van der Waals surface area contributed by atoms with Gasteiger partial charge in [0.15, 0.2) is 11.6 Å². The molecule has 1 aliphatic rings. The van der Waals surface area contributed by atoms with E-state index in [1.54, 1.807) is 6.07 Å². The zero-order chi connectivity index (χ0) is 17.8. The molecule has 3 nitrogen and oxygen atoms in total. The number of carbonyl (C=O) groups is 1. The summed E-state index contributed by atoms with van der Waals surface area (Å²) in [4.78, 5) is 11.6. The van der Waals surface area contributed by atoms with E-state index in [4.69, 9.17) is 4.74 Å². The molecular weight excluding hydrogens is 324 g/mol. The van der Waals surface area contributed by atoms with Crippen LogP contribution in [0.2, 0.25) is 0 Å². The summed E-state index contributed by atoms with van der Waals surface area (Å²) in [6.07, 6.45) is 2.43. The van der Waals surface area contributed by atoms with Gasteiger partial charge in [0.25, 0.3) is 0 Å². The number of fused-ring (bicyclic) bond motifs is 1. The van der Waals surface area contributed by atoms with Gasteiger partial charge in [0, 0.05) is 11.6 Å². The van der Waals surface area contributed by atoms with E-state index in [-0.39, 0.29) is 12.0 Å². The zero-order valence-corrected chi connectivity index (χ0v) is 14.1. The third kappa shape index (κ3) is 4.42. The molecule has 0 aromatic heterocycles. The standard InChI is InChI=1S/C20H21F2NO2/c1-13(9-15-5-7-18(21)19(22)11-15)23-8-2-3-14-4-6-16-12-25-20(24)17(16)10-14/h4-7,10-11,13,23H,2-3,8-9,12H2,1H3. The first-order valence-corrected chi connectivity index (χ1v) is 8.49. The van der Waals surface area contributed by atoms with Crippen LogP contribution < -0.4 is 5.32 Å². The third-order valence-electron chi connectivity index (χ3n) is 4.41. The fraction of sp³-hybridized carbons (Fsp3) is 0.350. The number of halogens is 2. The molecule has 132 valence electrons. The van der Waals surface area contributed by atoms with Gasteiger partial charge in [0.1, 0.15) is 6.61 Å². The molecule has 0 saturated heterocycles. The number of ether oxygens (including phenoxy) is 1. The number of aryl methyl sites for hydroxylation is 1. The molecule has 0 spiro atoms. The molecule has 0 amide bonds. The summed E-state index contributed by atoms with van der Waals surface area (Å²) in [6.45, 7) is 3.20. The average molecular weight is 345 g/mol. The Kier molecular flexibility index (Phi) is 5.43. The van der Waals surface area contributed by atoms with E-state index < -0.39 is 11.6 Å². The largest absolute Gasteiger partial charge is 0.457 e. The Morgan fingerprint density at radius 2 is 1.92 bits per heavy atom. The van der Waals surface area contributed by atoms with Crippen LogP contribution in [0.1, 0.15) is 40.4 Å². The summed E-state index contributed by atoms with van der Waals surface area (Å²) in [5.41, 5.74) is 3.52. The van der Waals surface area contributed by atoms with Gasteiger partial charge in [0.2, 0.25) is 0 Å². The van der Waals surface area contributed by atoms with Crippen LogP contribution in [-0.2, 0) is 24.2 Å². The highest BCUT2D eigenvalue weighted by atomic mass is 19.2. The number of carbonyl (C=O) groups excluding carboxylic acids is 1. The Morgan fingerprint density at radius 1 is 1.12 bits per heavy atom. The van der Waals surface area contributed by atoms with Gasteiger partial charge < -0.3 is 10.1 Å². The van der Waals surface area contributed by atoms with Crippen molar-refractivity contribution in [3.63, 3.8) is 0 Å². The van der Waals surface area contributed by atoms with Crippen LogP contribution in [0.5, 0.6) is 0 Å². The van der Waals surface area contributed by atoms with Crippen LogP contribution in [0.4, 0.5) is 8.78 Å². The molecule has 0 fully saturated rings. The molecule has 0 radical (unpaired) electrons. The molecule has 1 heterocycles. The van der Waals surface area contributed by atoms with Crippen molar-refractivity contribution in [1.82, 2.24) is 5.32 Å². The molecule has 1 unspecified atom stereocenters. The van der Waals surface area contributed by atoms with Crippen molar-refractivity contribution in [2.24, 2.45) is 0 Å². The smallest absolute Gasteiger partial charge is 0.338 e. The maximum absolute atomic E-state index is 13.2. The minimum Gasteiger partial charge on any atom is -0.457 e. The minimum absolute atomic E-state index is 0.167. The van der Waals surface area contributed by atoms with E-state index in [1.165, 1.54) is 6.07 Å². The van der Waals surface area contributed by atoms with Crippen LogP contribution >= 0.6 is 0 Å². The molecule has 5 heteroatoms. The molecule has 1 atom stereocenters. The van der Waals surface area contributed by atoms with E-state index in [0.29, 0.717) is 18.6 Å². The second-order valence-corrected chi connectivity index (χ2v) is 6.48. The fourth-order valence-corrected chi connectivity index (χ4v) is 3.05. The van der Waals surface area contributed by atoms with E-state index in [2.05, 4.69) is 5.32 Å². The second kappa shape index (κ2) is 7.74. The summed E-state index contributed by atoms with van der Waals surface area (Å²) in [6, 6.07) is 10.1. The number of cyclic esters (lactones) is 1. The molecule has 1 aliphatic heterocycles. The van der Waals surface area contributed by atoms with Crippen LogP contribution in [-0.4, -0.2) is 18.6 Å². The van der Waals surface area contributed by atoms with Gasteiger partial charge >= 0.3 is 5.97 Å². The van der Waals surface area contributed by atoms with Crippen molar-refractivity contribution in [2.75, 3.05) is 6.54 Å². The normalized spacial score (nSPS) is 14.3. The molecule has 0 saturated carbocycles. The second-order valence-electron chi connectivity index (χ2n) is 6.48. The van der Waals surface area contributed by atoms with Gasteiger partial charge in [-0.2, -0.15) is 0 Å². The van der Waals surface area contributed by atoms with Crippen molar-refractivity contribution >= 4 is 5.97 Å². The SMILES string of the molecule is CC(Cc1ccc(F)c(F)c1)NCCCc1ccc2c(c1)C(=O)OC2. The van der Waals surface area contributed by atoms with Gasteiger partial charge in [-0.1, -0.05) is 18.2 Å². The first-order valence-electron chi connectivity index (χ1n) is 8.49. The predicted octanol–water partition coefficient (Wildman–Crippen LogP) is 3.79. The summed E-state index contributed by atoms with van der Waals surface area (Å²) >= 11 is 0.